The van der Waals surface area contributed by atoms with Crippen molar-refractivity contribution in [3.8, 4) is 11.5 Å². The third kappa shape index (κ3) is 4.13. The molecule has 3 rings (SSSR count). The Morgan fingerprint density at radius 3 is 2.56 bits per heavy atom. The summed E-state index contributed by atoms with van der Waals surface area (Å²) in [6.45, 7) is 1.15. The monoisotopic (exact) mass is 367 g/mol. The Morgan fingerprint density at radius 1 is 1.07 bits per heavy atom. The number of ether oxygens (including phenoxy) is 2. The van der Waals surface area contributed by atoms with E-state index in [1.807, 2.05) is 43.4 Å². The van der Waals surface area contributed by atoms with Crippen molar-refractivity contribution in [1.29, 1.82) is 0 Å². The Kier molecular flexibility index (Phi) is 5.80. The van der Waals surface area contributed by atoms with E-state index in [0.717, 1.165) is 33.9 Å². The van der Waals surface area contributed by atoms with Gasteiger partial charge < -0.3 is 24.7 Å². The zero-order valence-electron chi connectivity index (χ0n) is 16.1. The molecule has 0 atom stereocenters. The van der Waals surface area contributed by atoms with Crippen LogP contribution in [0.3, 0.4) is 0 Å². The molecule has 7 heteroatoms. The van der Waals surface area contributed by atoms with Gasteiger partial charge in [0.25, 0.3) is 0 Å². The first-order chi connectivity index (χ1) is 13.2. The van der Waals surface area contributed by atoms with Crippen molar-refractivity contribution in [2.24, 2.45) is 12.0 Å². The van der Waals surface area contributed by atoms with Crippen molar-refractivity contribution >= 4 is 17.0 Å². The smallest absolute Gasteiger partial charge is 0.191 e. The van der Waals surface area contributed by atoms with Gasteiger partial charge in [0.15, 0.2) is 5.96 Å². The summed E-state index contributed by atoms with van der Waals surface area (Å²) in [7, 11) is 7.05. The molecular weight excluding hydrogens is 342 g/mol. The van der Waals surface area contributed by atoms with Crippen molar-refractivity contribution in [3.05, 3.63) is 53.9 Å². The SMILES string of the molecule is CN=C(NCc1ccc(OC)cc1OC)NCc1nc2ccccc2n1C. The highest BCUT2D eigenvalue weighted by Crippen LogP contribution is 2.24. The number of nitrogens with one attached hydrogen (secondary N) is 2. The quantitative estimate of drug-likeness (QED) is 0.517. The predicted octanol–water partition coefficient (Wildman–Crippen LogP) is 2.46. The Balaban J connectivity index is 1.64. The molecule has 0 fully saturated rings. The van der Waals surface area contributed by atoms with Crippen LogP contribution in [0.15, 0.2) is 47.5 Å². The number of benzene rings is 2. The van der Waals surface area contributed by atoms with Gasteiger partial charge in [-0.1, -0.05) is 12.1 Å². The van der Waals surface area contributed by atoms with Gasteiger partial charge in [-0.05, 0) is 24.3 Å². The molecule has 2 aromatic carbocycles. The Hall–Kier alpha value is -3.22. The minimum atomic E-state index is 0.574. The standard InChI is InChI=1S/C20H25N5O2/c1-21-20(22-12-14-9-10-15(26-3)11-18(14)27-4)23-13-19-24-16-7-5-6-8-17(16)25(19)2/h5-11H,12-13H2,1-4H3,(H2,21,22,23). The second-order valence-corrected chi connectivity index (χ2v) is 6.03. The van der Waals surface area contributed by atoms with Crippen LogP contribution in [0.4, 0.5) is 0 Å². The molecule has 0 saturated carbocycles. The lowest BCUT2D eigenvalue weighted by atomic mass is 10.2. The highest BCUT2D eigenvalue weighted by molar-refractivity contribution is 5.80. The van der Waals surface area contributed by atoms with Crippen molar-refractivity contribution in [1.82, 2.24) is 20.2 Å². The highest BCUT2D eigenvalue weighted by atomic mass is 16.5. The summed E-state index contributed by atoms with van der Waals surface area (Å²) in [5.41, 5.74) is 3.12. The van der Waals surface area contributed by atoms with Gasteiger partial charge in [-0.25, -0.2) is 4.98 Å². The van der Waals surface area contributed by atoms with E-state index in [2.05, 4.69) is 31.2 Å². The molecule has 1 aromatic heterocycles. The summed E-state index contributed by atoms with van der Waals surface area (Å²) in [5, 5.41) is 6.61. The lowest BCUT2D eigenvalue weighted by Crippen LogP contribution is -2.37. The zero-order valence-corrected chi connectivity index (χ0v) is 16.1. The first kappa shape index (κ1) is 18.6. The van der Waals surface area contributed by atoms with Crippen LogP contribution in [0.2, 0.25) is 0 Å². The van der Waals surface area contributed by atoms with Crippen molar-refractivity contribution in [2.75, 3.05) is 21.3 Å². The van der Waals surface area contributed by atoms with Gasteiger partial charge in [-0.2, -0.15) is 0 Å². The van der Waals surface area contributed by atoms with Crippen LogP contribution in [0.25, 0.3) is 11.0 Å². The van der Waals surface area contributed by atoms with Gasteiger partial charge in [0.1, 0.15) is 17.3 Å². The summed E-state index contributed by atoms with van der Waals surface area (Å²) in [5.74, 6) is 3.17. The Bertz CT molecular complexity index is 949. The molecule has 27 heavy (non-hydrogen) atoms. The number of imidazole rings is 1. The minimum Gasteiger partial charge on any atom is -0.497 e. The van der Waals surface area contributed by atoms with Crippen LogP contribution in [0.1, 0.15) is 11.4 Å². The molecule has 0 aliphatic carbocycles. The van der Waals surface area contributed by atoms with E-state index in [-0.39, 0.29) is 0 Å². The van der Waals surface area contributed by atoms with Gasteiger partial charge in [-0.15, -0.1) is 0 Å². The van der Waals surface area contributed by atoms with E-state index >= 15 is 0 Å². The van der Waals surface area contributed by atoms with Gasteiger partial charge in [0, 0.05) is 32.3 Å². The summed E-state index contributed by atoms with van der Waals surface area (Å²) in [6.07, 6.45) is 0. The van der Waals surface area contributed by atoms with Crippen molar-refractivity contribution < 1.29 is 9.47 Å². The van der Waals surface area contributed by atoms with E-state index in [1.165, 1.54) is 0 Å². The summed E-state index contributed by atoms with van der Waals surface area (Å²) < 4.78 is 12.8. The average Bonchev–Trinajstić information content (AvgIpc) is 3.04. The fourth-order valence-corrected chi connectivity index (χ4v) is 2.91. The van der Waals surface area contributed by atoms with Crippen LogP contribution in [-0.2, 0) is 20.1 Å². The summed E-state index contributed by atoms with van der Waals surface area (Å²) in [6, 6.07) is 13.8. The van der Waals surface area contributed by atoms with Gasteiger partial charge in [0.05, 0.1) is 31.8 Å². The lowest BCUT2D eigenvalue weighted by Gasteiger charge is -2.14. The number of fused-ring (bicyclic) bond motifs is 1. The predicted molar refractivity (Wildman–Crippen MR) is 107 cm³/mol. The molecule has 0 aliphatic rings. The Labute approximate surface area is 159 Å². The fourth-order valence-electron chi connectivity index (χ4n) is 2.91. The number of methoxy groups -OCH3 is 2. The molecule has 2 N–H and O–H groups in total. The topological polar surface area (TPSA) is 72.7 Å². The normalized spacial score (nSPS) is 11.5. The van der Waals surface area contributed by atoms with Crippen LogP contribution in [0, 0.1) is 0 Å². The number of hydrogen-bond acceptors (Lipinski definition) is 4. The molecule has 0 spiro atoms. The molecule has 0 amide bonds. The molecular formula is C20H25N5O2. The lowest BCUT2D eigenvalue weighted by molar-refractivity contribution is 0.390. The summed E-state index contributed by atoms with van der Waals surface area (Å²) in [4.78, 5) is 8.95. The number of aliphatic imine (C=N–C) groups is 1. The number of hydrogen-bond donors (Lipinski definition) is 2. The number of para-hydroxylation sites is 2. The molecule has 0 aliphatic heterocycles. The third-order valence-corrected chi connectivity index (χ3v) is 4.46. The zero-order chi connectivity index (χ0) is 19.2. The molecule has 1 heterocycles. The maximum atomic E-state index is 5.44. The number of rotatable bonds is 6. The van der Waals surface area contributed by atoms with Crippen LogP contribution >= 0.6 is 0 Å². The van der Waals surface area contributed by atoms with E-state index in [1.54, 1.807) is 21.3 Å². The van der Waals surface area contributed by atoms with Crippen molar-refractivity contribution in [2.45, 2.75) is 13.1 Å². The largest absolute Gasteiger partial charge is 0.497 e. The van der Waals surface area contributed by atoms with Crippen LogP contribution < -0.4 is 20.1 Å². The first-order valence-electron chi connectivity index (χ1n) is 8.72. The molecule has 0 unspecified atom stereocenters. The van der Waals surface area contributed by atoms with Crippen LogP contribution in [-0.4, -0.2) is 36.8 Å². The van der Waals surface area contributed by atoms with Gasteiger partial charge in [0.2, 0.25) is 0 Å². The number of guanidine groups is 1. The third-order valence-electron chi connectivity index (χ3n) is 4.46. The van der Waals surface area contributed by atoms with E-state index in [4.69, 9.17) is 9.47 Å². The van der Waals surface area contributed by atoms with Gasteiger partial charge >= 0.3 is 0 Å². The average molecular weight is 367 g/mol. The van der Waals surface area contributed by atoms with E-state index in [9.17, 15) is 0 Å². The maximum absolute atomic E-state index is 5.44. The number of aromatic nitrogens is 2. The molecule has 0 bridgehead atoms. The molecule has 142 valence electrons. The fraction of sp³-hybridized carbons (Fsp3) is 0.300. The number of nitrogens with zero attached hydrogens (tertiary/aromatic N) is 3. The summed E-state index contributed by atoms with van der Waals surface area (Å²) >= 11 is 0. The highest BCUT2D eigenvalue weighted by Gasteiger charge is 2.09. The molecule has 3 aromatic rings. The molecule has 7 nitrogen and oxygen atoms in total. The molecule has 0 saturated heterocycles. The van der Waals surface area contributed by atoms with Crippen molar-refractivity contribution in [3.63, 3.8) is 0 Å². The number of aryl methyl sites for hydroxylation is 1. The second-order valence-electron chi connectivity index (χ2n) is 6.03. The van der Waals surface area contributed by atoms with Crippen LogP contribution in [0.5, 0.6) is 11.5 Å². The van der Waals surface area contributed by atoms with E-state index < -0.39 is 0 Å². The second kappa shape index (κ2) is 8.44. The Morgan fingerprint density at radius 2 is 1.85 bits per heavy atom. The first-order valence-corrected chi connectivity index (χ1v) is 8.72. The molecule has 0 radical (unpaired) electrons. The van der Waals surface area contributed by atoms with E-state index in [0.29, 0.717) is 19.0 Å². The minimum absolute atomic E-state index is 0.574. The van der Waals surface area contributed by atoms with Gasteiger partial charge in [-0.3, -0.25) is 4.99 Å². The maximum Gasteiger partial charge on any atom is 0.191 e.